The van der Waals surface area contributed by atoms with Crippen LogP contribution in [0.3, 0.4) is 0 Å². The second kappa shape index (κ2) is 12.9. The molecule has 4 aromatic heterocycles. The topological polar surface area (TPSA) is 64.4 Å². The molecular formula is C53H32N6. The van der Waals surface area contributed by atoms with Gasteiger partial charge in [0.1, 0.15) is 11.6 Å². The summed E-state index contributed by atoms with van der Waals surface area (Å²) in [6.07, 6.45) is 0. The largest absolute Gasteiger partial charge is 0.292 e. The molecule has 4 heterocycles. The minimum Gasteiger partial charge on any atom is -0.292 e. The van der Waals surface area contributed by atoms with Gasteiger partial charge >= 0.3 is 0 Å². The molecule has 0 atom stereocenters. The first-order valence-corrected chi connectivity index (χ1v) is 19.7. The molecule has 0 radical (unpaired) electrons. The van der Waals surface area contributed by atoms with E-state index >= 15 is 0 Å². The van der Waals surface area contributed by atoms with Crippen molar-refractivity contribution in [2.24, 2.45) is 0 Å². The summed E-state index contributed by atoms with van der Waals surface area (Å²) in [7, 11) is 0. The van der Waals surface area contributed by atoms with Gasteiger partial charge in [-0.3, -0.25) is 13.7 Å². The predicted molar refractivity (Wildman–Crippen MR) is 241 cm³/mol. The summed E-state index contributed by atoms with van der Waals surface area (Å²) in [6.45, 7) is 0. The number of benzene rings is 8. The Hall–Kier alpha value is -8.27. The maximum absolute atomic E-state index is 11.4. The van der Waals surface area contributed by atoms with Crippen molar-refractivity contribution in [3.05, 3.63) is 200 Å². The quantitative estimate of drug-likeness (QED) is 0.176. The summed E-state index contributed by atoms with van der Waals surface area (Å²) in [5.74, 6) is 1.50. The Morgan fingerprint density at radius 3 is 1.03 bits per heavy atom. The number of hydrogen-bond acceptors (Lipinski definition) is 3. The van der Waals surface area contributed by atoms with Gasteiger partial charge in [0, 0.05) is 32.3 Å². The van der Waals surface area contributed by atoms with E-state index in [1.807, 2.05) is 36.4 Å². The predicted octanol–water partition coefficient (Wildman–Crippen LogP) is 13.0. The lowest BCUT2D eigenvalue weighted by Crippen LogP contribution is -2.13. The molecule has 0 spiro atoms. The molecule has 0 saturated carbocycles. The van der Waals surface area contributed by atoms with Gasteiger partial charge < -0.3 is 0 Å². The molecule has 0 saturated heterocycles. The number of para-hydroxylation sites is 4. The van der Waals surface area contributed by atoms with Gasteiger partial charge in [0.15, 0.2) is 11.6 Å². The highest BCUT2D eigenvalue weighted by Crippen LogP contribution is 2.40. The summed E-state index contributed by atoms with van der Waals surface area (Å²) < 4.78 is 6.45. The zero-order valence-electron chi connectivity index (χ0n) is 31.7. The Morgan fingerprint density at radius 1 is 0.322 bits per heavy atom. The fourth-order valence-corrected chi connectivity index (χ4v) is 9.11. The highest BCUT2D eigenvalue weighted by atomic mass is 15.2. The van der Waals surface area contributed by atoms with E-state index in [1.165, 1.54) is 0 Å². The van der Waals surface area contributed by atoms with E-state index in [4.69, 9.17) is 9.97 Å². The lowest BCUT2D eigenvalue weighted by Gasteiger charge is -2.17. The van der Waals surface area contributed by atoms with Gasteiger partial charge in [-0.25, -0.2) is 0 Å². The summed E-state index contributed by atoms with van der Waals surface area (Å²) in [5, 5.41) is 17.9. The van der Waals surface area contributed by atoms with Crippen molar-refractivity contribution in [2.45, 2.75) is 0 Å². The first-order chi connectivity index (χ1) is 29.2. The fraction of sp³-hybridized carbons (Fsp3) is 0. The number of rotatable bonds is 5. The van der Waals surface area contributed by atoms with Crippen molar-refractivity contribution in [3.63, 3.8) is 0 Å². The first-order valence-electron chi connectivity index (χ1n) is 19.7. The van der Waals surface area contributed by atoms with Gasteiger partial charge in [0.2, 0.25) is 5.95 Å². The summed E-state index contributed by atoms with van der Waals surface area (Å²) in [6, 6.07) is 70.3. The molecule has 6 heteroatoms. The lowest BCUT2D eigenvalue weighted by molar-refractivity contribution is 0.911. The van der Waals surface area contributed by atoms with Gasteiger partial charge in [0.05, 0.1) is 33.1 Å². The van der Waals surface area contributed by atoms with Crippen molar-refractivity contribution < 1.29 is 0 Å². The fourth-order valence-electron chi connectivity index (χ4n) is 9.11. The highest BCUT2D eigenvalue weighted by molar-refractivity contribution is 6.13. The van der Waals surface area contributed by atoms with Gasteiger partial charge in [-0.2, -0.15) is 15.2 Å². The molecule has 6 nitrogen and oxygen atoms in total. The maximum Gasteiger partial charge on any atom is 0.238 e. The van der Waals surface area contributed by atoms with Crippen LogP contribution in [0.1, 0.15) is 5.56 Å². The molecule has 12 aromatic rings. The van der Waals surface area contributed by atoms with Crippen LogP contribution in [0.4, 0.5) is 0 Å². The third kappa shape index (κ3) is 4.92. The second-order valence-corrected chi connectivity index (χ2v) is 14.9. The first kappa shape index (κ1) is 32.9. The number of hydrogen-bond donors (Lipinski definition) is 0. The minimum absolute atomic E-state index is 0.380. The van der Waals surface area contributed by atoms with Gasteiger partial charge in [-0.15, -0.1) is 0 Å². The van der Waals surface area contributed by atoms with E-state index in [1.54, 1.807) is 0 Å². The van der Waals surface area contributed by atoms with E-state index < -0.39 is 0 Å². The Morgan fingerprint density at radius 2 is 0.661 bits per heavy atom. The summed E-state index contributed by atoms with van der Waals surface area (Å²) >= 11 is 0. The molecule has 0 unspecified atom stereocenters. The van der Waals surface area contributed by atoms with E-state index in [2.05, 4.69) is 177 Å². The molecule has 8 aromatic carbocycles. The van der Waals surface area contributed by atoms with Crippen LogP contribution in [-0.2, 0) is 0 Å². The van der Waals surface area contributed by atoms with Crippen LogP contribution in [0.2, 0.25) is 0 Å². The van der Waals surface area contributed by atoms with Crippen molar-refractivity contribution in [2.75, 3.05) is 0 Å². The Kier molecular flexibility index (Phi) is 7.19. The maximum atomic E-state index is 11.4. The van der Waals surface area contributed by atoms with Crippen molar-refractivity contribution in [1.29, 1.82) is 5.26 Å². The summed E-state index contributed by atoms with van der Waals surface area (Å²) in [4.78, 5) is 11.0. The van der Waals surface area contributed by atoms with Crippen LogP contribution in [0, 0.1) is 11.3 Å². The lowest BCUT2D eigenvalue weighted by atomic mass is 10.0. The SMILES string of the molecule is N#Cc1c(-n2c3ccccc3c3ccccc32)nc(-n2c3ccc(-c4ccccc4)cc3c3cc(-c4ccccc4)ccc32)nc1-n1c2ccccc2c2ccccc21. The van der Waals surface area contributed by atoms with E-state index in [0.717, 1.165) is 87.7 Å². The smallest absolute Gasteiger partial charge is 0.238 e. The van der Waals surface area contributed by atoms with Crippen LogP contribution in [-0.4, -0.2) is 23.7 Å². The third-order valence-corrected chi connectivity index (χ3v) is 11.7. The molecule has 0 fully saturated rings. The zero-order valence-corrected chi connectivity index (χ0v) is 31.7. The Bertz CT molecular complexity index is 3340. The van der Waals surface area contributed by atoms with Crippen LogP contribution in [0.15, 0.2) is 194 Å². The highest BCUT2D eigenvalue weighted by Gasteiger charge is 2.26. The van der Waals surface area contributed by atoms with E-state index in [9.17, 15) is 5.26 Å². The second-order valence-electron chi connectivity index (χ2n) is 14.9. The van der Waals surface area contributed by atoms with Crippen LogP contribution < -0.4 is 0 Å². The van der Waals surface area contributed by atoms with Crippen LogP contribution in [0.5, 0.6) is 0 Å². The van der Waals surface area contributed by atoms with E-state index in [0.29, 0.717) is 23.1 Å². The van der Waals surface area contributed by atoms with Crippen molar-refractivity contribution in [3.8, 4) is 45.9 Å². The Balaban J connectivity index is 1.24. The monoisotopic (exact) mass is 752 g/mol. The molecule has 0 aliphatic rings. The molecular weight excluding hydrogens is 721 g/mol. The molecule has 0 amide bonds. The number of nitrogens with zero attached hydrogens (tertiary/aromatic N) is 6. The van der Waals surface area contributed by atoms with Gasteiger partial charge in [0.25, 0.3) is 0 Å². The van der Waals surface area contributed by atoms with E-state index in [-0.39, 0.29) is 0 Å². The van der Waals surface area contributed by atoms with Crippen LogP contribution in [0.25, 0.3) is 105 Å². The molecule has 274 valence electrons. The van der Waals surface area contributed by atoms with Crippen molar-refractivity contribution >= 4 is 65.4 Å². The van der Waals surface area contributed by atoms with Gasteiger partial charge in [-0.1, -0.05) is 146 Å². The number of nitriles is 1. The Labute approximate surface area is 338 Å². The molecule has 0 aliphatic heterocycles. The molecule has 0 N–H and O–H groups in total. The average Bonchev–Trinajstić information content (AvgIpc) is 3.94. The van der Waals surface area contributed by atoms with Gasteiger partial charge in [-0.05, 0) is 70.8 Å². The average molecular weight is 753 g/mol. The number of aromatic nitrogens is 5. The van der Waals surface area contributed by atoms with Crippen molar-refractivity contribution in [1.82, 2.24) is 23.7 Å². The van der Waals surface area contributed by atoms with Crippen LogP contribution >= 0.6 is 0 Å². The normalized spacial score (nSPS) is 11.7. The molecule has 0 bridgehead atoms. The zero-order chi connectivity index (χ0) is 39.0. The summed E-state index contributed by atoms with van der Waals surface area (Å²) in [5.41, 5.74) is 10.7. The minimum atomic E-state index is 0.380. The molecule has 0 aliphatic carbocycles. The third-order valence-electron chi connectivity index (χ3n) is 11.7. The molecule has 59 heavy (non-hydrogen) atoms. The number of fused-ring (bicyclic) bond motifs is 9. The molecule has 12 rings (SSSR count). The standard InChI is InChI=1S/C53H32N6/c54-33-44-51(57-45-23-11-7-19-38(45)39-20-8-12-24-46(39)57)55-53(56-52(44)58-47-25-13-9-21-40(47)41-22-10-14-26-48(41)58)59-49-29-27-36(34-15-3-1-4-16-34)31-42(49)43-32-37(28-30-50(43)59)35-17-5-2-6-18-35/h1-32H.